The number of para-hydroxylation sites is 2. The van der Waals surface area contributed by atoms with Gasteiger partial charge in [-0.25, -0.2) is 13.4 Å². The molecule has 1 aromatic heterocycles. The molecule has 0 atom stereocenters. The Morgan fingerprint density at radius 2 is 1.96 bits per heavy atom. The average Bonchev–Trinajstić information content (AvgIpc) is 2.93. The number of carbonyl (C=O) groups is 1. The SMILES string of the molecule is Cc1nc2ccccc2n1CCCNC(=O)CS(=O)(=O)Cc1cccc(Br)c1. The van der Waals surface area contributed by atoms with Gasteiger partial charge in [0.15, 0.2) is 9.84 Å². The molecule has 0 radical (unpaired) electrons. The molecule has 0 aliphatic carbocycles. The molecule has 0 saturated carbocycles. The molecule has 2 aromatic carbocycles. The topological polar surface area (TPSA) is 81.1 Å². The Morgan fingerprint density at radius 3 is 2.75 bits per heavy atom. The third-order valence-corrected chi connectivity index (χ3v) is 6.32. The Hall–Kier alpha value is -2.19. The number of aryl methyl sites for hydroxylation is 2. The highest BCUT2D eigenvalue weighted by Gasteiger charge is 2.17. The number of fused-ring (bicyclic) bond motifs is 1. The molecule has 0 spiro atoms. The van der Waals surface area contributed by atoms with Crippen molar-refractivity contribution in [2.75, 3.05) is 12.3 Å². The summed E-state index contributed by atoms with van der Waals surface area (Å²) in [5.74, 6) is -0.210. The number of imidazole rings is 1. The minimum absolute atomic E-state index is 0.153. The standard InChI is InChI=1S/C20H22BrN3O3S/c1-15-23-18-8-2-3-9-19(18)24(15)11-5-10-22-20(25)14-28(26,27)13-16-6-4-7-17(21)12-16/h2-4,6-9,12H,5,10-11,13-14H2,1H3,(H,22,25). The predicted molar refractivity (Wildman–Crippen MR) is 114 cm³/mol. The number of halogens is 1. The van der Waals surface area contributed by atoms with Crippen LogP contribution < -0.4 is 5.32 Å². The maximum Gasteiger partial charge on any atom is 0.235 e. The second-order valence-corrected chi connectivity index (χ2v) is 9.65. The fourth-order valence-corrected chi connectivity index (χ4v) is 4.86. The van der Waals surface area contributed by atoms with Crippen molar-refractivity contribution in [2.24, 2.45) is 0 Å². The Kier molecular flexibility index (Phi) is 6.51. The molecule has 0 aliphatic heterocycles. The molecular weight excluding hydrogens is 442 g/mol. The van der Waals surface area contributed by atoms with E-state index in [-0.39, 0.29) is 5.75 Å². The Bertz CT molecular complexity index is 1090. The predicted octanol–water partition coefficient (Wildman–Crippen LogP) is 3.23. The summed E-state index contributed by atoms with van der Waals surface area (Å²) < 4.78 is 27.4. The van der Waals surface area contributed by atoms with E-state index >= 15 is 0 Å². The van der Waals surface area contributed by atoms with E-state index in [1.807, 2.05) is 37.3 Å². The van der Waals surface area contributed by atoms with Crippen LogP contribution in [0.2, 0.25) is 0 Å². The van der Waals surface area contributed by atoms with Crippen molar-refractivity contribution in [1.82, 2.24) is 14.9 Å². The Morgan fingerprint density at radius 1 is 1.18 bits per heavy atom. The highest BCUT2D eigenvalue weighted by Crippen LogP contribution is 2.16. The van der Waals surface area contributed by atoms with E-state index in [0.717, 1.165) is 21.3 Å². The summed E-state index contributed by atoms with van der Waals surface area (Å²) >= 11 is 3.32. The molecule has 3 rings (SSSR count). The Balaban J connectivity index is 1.48. The average molecular weight is 464 g/mol. The van der Waals surface area contributed by atoms with Gasteiger partial charge in [-0.15, -0.1) is 0 Å². The fourth-order valence-electron chi connectivity index (χ4n) is 3.13. The number of nitrogens with one attached hydrogen (secondary N) is 1. The summed E-state index contributed by atoms with van der Waals surface area (Å²) in [5, 5.41) is 2.70. The van der Waals surface area contributed by atoms with Crippen LogP contribution in [0.25, 0.3) is 11.0 Å². The van der Waals surface area contributed by atoms with Crippen LogP contribution in [0.1, 0.15) is 17.8 Å². The summed E-state index contributed by atoms with van der Waals surface area (Å²) in [4.78, 5) is 16.6. The van der Waals surface area contributed by atoms with Gasteiger partial charge < -0.3 is 9.88 Å². The number of hydrogen-bond acceptors (Lipinski definition) is 4. The molecule has 148 valence electrons. The number of hydrogen-bond donors (Lipinski definition) is 1. The number of amides is 1. The van der Waals surface area contributed by atoms with Gasteiger partial charge in [0.2, 0.25) is 5.91 Å². The summed E-state index contributed by atoms with van der Waals surface area (Å²) in [6.07, 6.45) is 0.693. The third kappa shape index (κ3) is 5.42. The summed E-state index contributed by atoms with van der Waals surface area (Å²) in [5.41, 5.74) is 2.66. The third-order valence-electron chi connectivity index (χ3n) is 4.35. The first kappa shape index (κ1) is 20.5. The van der Waals surface area contributed by atoms with Gasteiger partial charge in [-0.2, -0.15) is 0 Å². The van der Waals surface area contributed by atoms with Crippen molar-refractivity contribution in [3.05, 3.63) is 64.4 Å². The highest BCUT2D eigenvalue weighted by atomic mass is 79.9. The molecule has 0 aliphatic rings. The van der Waals surface area contributed by atoms with Crippen LogP contribution in [-0.4, -0.2) is 36.2 Å². The molecule has 0 saturated heterocycles. The van der Waals surface area contributed by atoms with Crippen LogP contribution in [0.15, 0.2) is 53.0 Å². The molecule has 6 nitrogen and oxygen atoms in total. The van der Waals surface area contributed by atoms with E-state index in [0.29, 0.717) is 25.1 Å². The van der Waals surface area contributed by atoms with Gasteiger partial charge in [0.05, 0.1) is 16.8 Å². The Labute approximate surface area is 173 Å². The van der Waals surface area contributed by atoms with E-state index in [4.69, 9.17) is 0 Å². The zero-order valence-electron chi connectivity index (χ0n) is 15.6. The van der Waals surface area contributed by atoms with Crippen LogP contribution in [0.3, 0.4) is 0 Å². The lowest BCUT2D eigenvalue weighted by Crippen LogP contribution is -2.32. The van der Waals surface area contributed by atoms with Crippen molar-refractivity contribution in [3.8, 4) is 0 Å². The zero-order chi connectivity index (χ0) is 20.1. The van der Waals surface area contributed by atoms with Gasteiger partial charge in [0.25, 0.3) is 0 Å². The van der Waals surface area contributed by atoms with Crippen LogP contribution in [0.4, 0.5) is 0 Å². The summed E-state index contributed by atoms with van der Waals surface area (Å²) in [6, 6.07) is 15.0. The van der Waals surface area contributed by atoms with Gasteiger partial charge in [-0.3, -0.25) is 4.79 Å². The number of sulfone groups is 1. The van der Waals surface area contributed by atoms with Gasteiger partial charge >= 0.3 is 0 Å². The van der Waals surface area contributed by atoms with Crippen molar-refractivity contribution in [2.45, 2.75) is 25.6 Å². The molecule has 0 fully saturated rings. The minimum atomic E-state index is -3.51. The van der Waals surface area contributed by atoms with Gasteiger partial charge in [-0.1, -0.05) is 40.2 Å². The van der Waals surface area contributed by atoms with Crippen molar-refractivity contribution in [3.63, 3.8) is 0 Å². The molecule has 1 N–H and O–H groups in total. The summed E-state index contributed by atoms with van der Waals surface area (Å²) in [6.45, 7) is 3.07. The smallest absolute Gasteiger partial charge is 0.235 e. The molecule has 0 bridgehead atoms. The maximum absolute atomic E-state index is 12.2. The largest absolute Gasteiger partial charge is 0.355 e. The molecule has 8 heteroatoms. The number of benzene rings is 2. The zero-order valence-corrected chi connectivity index (χ0v) is 18.0. The lowest BCUT2D eigenvalue weighted by atomic mass is 10.2. The second-order valence-electron chi connectivity index (χ2n) is 6.67. The van der Waals surface area contributed by atoms with Gasteiger partial charge in [0.1, 0.15) is 11.6 Å². The van der Waals surface area contributed by atoms with E-state index in [1.165, 1.54) is 0 Å². The van der Waals surface area contributed by atoms with Crippen LogP contribution in [0, 0.1) is 6.92 Å². The highest BCUT2D eigenvalue weighted by molar-refractivity contribution is 9.10. The summed E-state index contributed by atoms with van der Waals surface area (Å²) in [7, 11) is -3.51. The van der Waals surface area contributed by atoms with E-state index < -0.39 is 21.5 Å². The lowest BCUT2D eigenvalue weighted by molar-refractivity contribution is -0.118. The van der Waals surface area contributed by atoms with E-state index in [2.05, 4.69) is 30.8 Å². The molecule has 3 aromatic rings. The van der Waals surface area contributed by atoms with Crippen molar-refractivity contribution < 1.29 is 13.2 Å². The number of carbonyl (C=O) groups excluding carboxylic acids is 1. The van der Waals surface area contributed by atoms with Crippen molar-refractivity contribution >= 4 is 42.7 Å². The first-order chi connectivity index (χ1) is 13.3. The monoisotopic (exact) mass is 463 g/mol. The van der Waals surface area contributed by atoms with E-state index in [1.54, 1.807) is 18.2 Å². The molecule has 1 amide bonds. The number of rotatable bonds is 8. The number of nitrogens with zero attached hydrogens (tertiary/aromatic N) is 2. The van der Waals surface area contributed by atoms with Crippen LogP contribution in [-0.2, 0) is 26.9 Å². The number of aromatic nitrogens is 2. The molecular formula is C20H22BrN3O3S. The fraction of sp³-hybridized carbons (Fsp3) is 0.300. The van der Waals surface area contributed by atoms with Gasteiger partial charge in [-0.05, 0) is 43.2 Å². The normalized spacial score (nSPS) is 11.6. The lowest BCUT2D eigenvalue weighted by Gasteiger charge is -2.09. The first-order valence-corrected chi connectivity index (χ1v) is 11.6. The van der Waals surface area contributed by atoms with Crippen LogP contribution in [0.5, 0.6) is 0 Å². The quantitative estimate of drug-likeness (QED) is 0.519. The first-order valence-electron chi connectivity index (χ1n) is 8.97. The molecule has 0 unspecified atom stereocenters. The van der Waals surface area contributed by atoms with Crippen molar-refractivity contribution in [1.29, 1.82) is 0 Å². The maximum atomic E-state index is 12.2. The van der Waals surface area contributed by atoms with Gasteiger partial charge in [0, 0.05) is 17.6 Å². The minimum Gasteiger partial charge on any atom is -0.355 e. The molecule has 28 heavy (non-hydrogen) atoms. The second kappa shape index (κ2) is 8.87. The molecule has 1 heterocycles. The van der Waals surface area contributed by atoms with E-state index in [9.17, 15) is 13.2 Å². The van der Waals surface area contributed by atoms with Crippen LogP contribution >= 0.6 is 15.9 Å².